The lowest BCUT2D eigenvalue weighted by molar-refractivity contribution is -0.440. The molecule has 1 amide bonds. The van der Waals surface area contributed by atoms with Gasteiger partial charge in [0, 0.05) is 12.6 Å². The number of rotatable bonds is 8. The number of carbonyl (C=O) groups is 1. The maximum absolute atomic E-state index is 13.3. The predicted molar refractivity (Wildman–Crippen MR) is 63.7 cm³/mol. The van der Waals surface area contributed by atoms with Crippen molar-refractivity contribution < 1.29 is 61.9 Å². The summed E-state index contributed by atoms with van der Waals surface area (Å²) in [6, 6.07) is 0. The van der Waals surface area contributed by atoms with Gasteiger partial charge in [-0.3, -0.25) is 4.79 Å². The van der Waals surface area contributed by atoms with Gasteiger partial charge in [-0.2, -0.15) is 57.1 Å². The molecule has 0 aromatic rings. The van der Waals surface area contributed by atoms with Crippen molar-refractivity contribution in [1.82, 2.24) is 0 Å². The van der Waals surface area contributed by atoms with Crippen LogP contribution >= 0.6 is 0 Å². The Labute approximate surface area is 141 Å². The summed E-state index contributed by atoms with van der Waals surface area (Å²) in [7, 11) is 0. The quantitative estimate of drug-likeness (QED) is 0.293. The minimum absolute atomic E-state index is 0.175. The summed E-state index contributed by atoms with van der Waals surface area (Å²) in [5.74, 6) is -38.2. The van der Waals surface area contributed by atoms with E-state index < -0.39 is 54.5 Å². The maximum atomic E-state index is 13.3. The van der Waals surface area contributed by atoms with Crippen LogP contribution in [-0.2, 0) is 4.79 Å². The summed E-state index contributed by atoms with van der Waals surface area (Å²) in [6.07, 6.45) is -10.6. The molecule has 158 valence electrons. The Kier molecular flexibility index (Phi) is 6.80. The molecule has 0 heterocycles. The van der Waals surface area contributed by atoms with Crippen LogP contribution in [0, 0.1) is 0 Å². The van der Waals surface area contributed by atoms with Crippen LogP contribution in [0.4, 0.5) is 57.1 Å². The fraction of sp³-hybridized carbons (Fsp3) is 0.667. The number of hydrogen-bond donors (Lipinski definition) is 0. The van der Waals surface area contributed by atoms with Crippen LogP contribution < -0.4 is 0 Å². The third kappa shape index (κ3) is 4.20. The van der Waals surface area contributed by atoms with Gasteiger partial charge < -0.3 is 0 Å². The molecule has 0 saturated carbocycles. The van der Waals surface area contributed by atoms with E-state index in [4.69, 9.17) is 0 Å². The summed E-state index contributed by atoms with van der Waals surface area (Å²) in [4.78, 5) is 13.3. The Morgan fingerprint density at radius 1 is 0.741 bits per heavy atom. The normalized spacial score (nSPS) is 15.3. The summed E-state index contributed by atoms with van der Waals surface area (Å²) >= 11 is 0. The fourth-order valence-corrected chi connectivity index (χ4v) is 1.41. The highest BCUT2D eigenvalue weighted by Gasteiger charge is 2.90. The molecule has 0 atom stereocenters. The predicted octanol–water partition coefficient (Wildman–Crippen LogP) is 5.29. The smallest absolute Gasteiger partial charge is 0.268 e. The van der Waals surface area contributed by atoms with Crippen molar-refractivity contribution >= 4 is 12.1 Å². The van der Waals surface area contributed by atoms with E-state index in [1.807, 2.05) is 0 Å². The van der Waals surface area contributed by atoms with Crippen LogP contribution in [-0.4, -0.2) is 47.9 Å². The van der Waals surface area contributed by atoms with Gasteiger partial charge in [0.2, 0.25) is 0 Å². The molecule has 0 rings (SSSR count). The van der Waals surface area contributed by atoms with Crippen LogP contribution in [0.5, 0.6) is 0 Å². The number of hydrogen-bond acceptors (Lipinski definition) is 1. The van der Waals surface area contributed by atoms with Crippen molar-refractivity contribution in [2.45, 2.75) is 48.6 Å². The van der Waals surface area contributed by atoms with E-state index in [1.165, 1.54) is 0 Å². The van der Waals surface area contributed by atoms with Crippen molar-refractivity contribution in [2.75, 3.05) is 0 Å². The number of amides is 1. The van der Waals surface area contributed by atoms with E-state index in [-0.39, 0.29) is 6.21 Å². The number of aliphatic imine (C=N–C) groups is 1. The Balaban J connectivity index is 5.84. The van der Waals surface area contributed by atoms with Gasteiger partial charge in [-0.25, -0.2) is 4.99 Å². The SMILES string of the molecule is C=CC(=O)N=CCCC(F)(F)C(F)(F)C(F)(F)C(F)(F)C(F)(F)C(F)(F)F. The van der Waals surface area contributed by atoms with Gasteiger partial charge in [-0.1, -0.05) is 6.58 Å². The second-order valence-electron chi connectivity index (χ2n) is 4.89. The molecule has 27 heavy (non-hydrogen) atoms. The van der Waals surface area contributed by atoms with Gasteiger partial charge in [-0.15, -0.1) is 0 Å². The van der Waals surface area contributed by atoms with Gasteiger partial charge in [0.05, 0.1) is 0 Å². The van der Waals surface area contributed by atoms with Crippen molar-refractivity contribution in [3.8, 4) is 0 Å². The molecule has 0 aliphatic heterocycles. The van der Waals surface area contributed by atoms with Gasteiger partial charge in [0.25, 0.3) is 5.91 Å². The molecule has 0 radical (unpaired) electrons. The first-order chi connectivity index (χ1) is 11.7. The standard InChI is InChI=1S/C12H8F13NO/c1-2-6(27)26-5-3-4-7(13,14)8(15,16)9(17,18)10(19,20)11(21,22)12(23,24)25/h2,5H,1,3-4H2. The van der Waals surface area contributed by atoms with Gasteiger partial charge in [0.1, 0.15) is 0 Å². The van der Waals surface area contributed by atoms with E-state index in [9.17, 15) is 61.9 Å². The Morgan fingerprint density at radius 2 is 1.15 bits per heavy atom. The highest BCUT2D eigenvalue weighted by Crippen LogP contribution is 2.60. The highest BCUT2D eigenvalue weighted by atomic mass is 19.4. The molecular formula is C12H8F13NO. The Bertz CT molecular complexity index is 591. The van der Waals surface area contributed by atoms with Crippen molar-refractivity contribution in [1.29, 1.82) is 0 Å². The van der Waals surface area contributed by atoms with E-state index >= 15 is 0 Å². The molecule has 0 aliphatic rings. The number of alkyl halides is 13. The van der Waals surface area contributed by atoms with Crippen LogP contribution in [0.2, 0.25) is 0 Å². The fourth-order valence-electron chi connectivity index (χ4n) is 1.41. The number of carbonyl (C=O) groups excluding carboxylic acids is 1. The van der Waals surface area contributed by atoms with Crippen molar-refractivity contribution in [3.05, 3.63) is 12.7 Å². The van der Waals surface area contributed by atoms with Crippen LogP contribution in [0.15, 0.2) is 17.6 Å². The first-order valence-corrected chi connectivity index (χ1v) is 6.35. The zero-order chi connectivity index (χ0) is 22.1. The molecule has 0 bridgehead atoms. The molecule has 0 saturated heterocycles. The molecule has 0 aromatic carbocycles. The summed E-state index contributed by atoms with van der Waals surface area (Å²) in [6.45, 7) is 2.85. The first kappa shape index (κ1) is 25.2. The molecule has 0 aliphatic carbocycles. The molecule has 2 nitrogen and oxygen atoms in total. The van der Waals surface area contributed by atoms with Crippen molar-refractivity contribution in [2.24, 2.45) is 4.99 Å². The average Bonchev–Trinajstić information content (AvgIpc) is 2.49. The lowest BCUT2D eigenvalue weighted by Gasteiger charge is -2.39. The van der Waals surface area contributed by atoms with Gasteiger partial charge >= 0.3 is 35.8 Å². The van der Waals surface area contributed by atoms with Gasteiger partial charge in [0.15, 0.2) is 0 Å². The minimum Gasteiger partial charge on any atom is -0.268 e. The molecule has 0 aromatic heterocycles. The second-order valence-corrected chi connectivity index (χ2v) is 4.89. The van der Waals surface area contributed by atoms with E-state index in [0.717, 1.165) is 0 Å². The molecule has 0 spiro atoms. The third-order valence-corrected chi connectivity index (χ3v) is 2.98. The van der Waals surface area contributed by atoms with Crippen LogP contribution in [0.25, 0.3) is 0 Å². The minimum atomic E-state index is -7.92. The van der Waals surface area contributed by atoms with Gasteiger partial charge in [-0.05, 0) is 12.5 Å². The first-order valence-electron chi connectivity index (χ1n) is 6.35. The molecule has 0 N–H and O–H groups in total. The maximum Gasteiger partial charge on any atom is 0.460 e. The van der Waals surface area contributed by atoms with E-state index in [2.05, 4.69) is 11.6 Å². The second kappa shape index (κ2) is 7.30. The Morgan fingerprint density at radius 3 is 1.52 bits per heavy atom. The van der Waals surface area contributed by atoms with Crippen molar-refractivity contribution in [3.63, 3.8) is 0 Å². The average molecular weight is 429 g/mol. The lowest BCUT2D eigenvalue weighted by Crippen LogP contribution is -2.70. The number of halogens is 13. The highest BCUT2D eigenvalue weighted by molar-refractivity contribution is 5.93. The summed E-state index contributed by atoms with van der Waals surface area (Å²) < 4.78 is 166. The largest absolute Gasteiger partial charge is 0.460 e. The topological polar surface area (TPSA) is 29.4 Å². The monoisotopic (exact) mass is 429 g/mol. The van der Waals surface area contributed by atoms with Crippen LogP contribution in [0.3, 0.4) is 0 Å². The number of nitrogens with zero attached hydrogens (tertiary/aromatic N) is 1. The summed E-state index contributed by atoms with van der Waals surface area (Å²) in [5.41, 5.74) is 0. The molecular weight excluding hydrogens is 421 g/mol. The summed E-state index contributed by atoms with van der Waals surface area (Å²) in [5, 5.41) is 0. The zero-order valence-electron chi connectivity index (χ0n) is 12.5. The molecule has 15 heteroatoms. The van der Waals surface area contributed by atoms with E-state index in [1.54, 1.807) is 0 Å². The van der Waals surface area contributed by atoms with E-state index in [0.29, 0.717) is 6.08 Å². The Hall–Kier alpha value is -1.83. The van der Waals surface area contributed by atoms with Crippen LogP contribution in [0.1, 0.15) is 12.8 Å². The third-order valence-electron chi connectivity index (χ3n) is 2.98. The zero-order valence-corrected chi connectivity index (χ0v) is 12.5. The molecule has 0 unspecified atom stereocenters. The molecule has 0 fully saturated rings. The lowest BCUT2D eigenvalue weighted by atomic mass is 9.92.